The molecule has 1 aromatic heterocycles. The first-order chi connectivity index (χ1) is 12.0. The Morgan fingerprint density at radius 3 is 2.32 bits per heavy atom. The molecule has 0 aliphatic rings. The standard InChI is InChI=1S/C18H19N3O2S2/c1-14(16-10-6-3-7-11-16)12-17-19-20-18(24-17)21-25(22,23)13-15-8-4-2-5-9-15/h2-11,14H,12-13H2,1H3,(H,20,21)/t14-/m0/s1. The molecule has 0 saturated heterocycles. The first-order valence-electron chi connectivity index (χ1n) is 7.93. The van der Waals surface area contributed by atoms with Crippen LogP contribution in [0.4, 0.5) is 5.13 Å². The molecule has 0 saturated carbocycles. The van der Waals surface area contributed by atoms with Gasteiger partial charge in [0.15, 0.2) is 0 Å². The molecule has 0 amide bonds. The van der Waals surface area contributed by atoms with Crippen molar-refractivity contribution in [2.45, 2.75) is 25.0 Å². The van der Waals surface area contributed by atoms with Gasteiger partial charge in [-0.1, -0.05) is 78.9 Å². The van der Waals surface area contributed by atoms with E-state index in [1.165, 1.54) is 16.9 Å². The van der Waals surface area contributed by atoms with E-state index < -0.39 is 10.0 Å². The van der Waals surface area contributed by atoms with Crippen LogP contribution in [0.15, 0.2) is 60.7 Å². The summed E-state index contributed by atoms with van der Waals surface area (Å²) < 4.78 is 27.0. The van der Waals surface area contributed by atoms with E-state index in [0.717, 1.165) is 17.0 Å². The number of rotatable bonds is 7. The van der Waals surface area contributed by atoms with E-state index in [0.29, 0.717) is 11.0 Å². The van der Waals surface area contributed by atoms with Crippen molar-refractivity contribution in [1.29, 1.82) is 0 Å². The summed E-state index contributed by atoms with van der Waals surface area (Å²) in [6, 6.07) is 19.2. The van der Waals surface area contributed by atoms with Crippen LogP contribution in [0.3, 0.4) is 0 Å². The maximum absolute atomic E-state index is 12.3. The van der Waals surface area contributed by atoms with E-state index in [1.54, 1.807) is 12.1 Å². The number of nitrogens with one attached hydrogen (secondary N) is 1. The molecule has 1 atom stereocenters. The van der Waals surface area contributed by atoms with Crippen LogP contribution in [-0.2, 0) is 22.2 Å². The smallest absolute Gasteiger partial charge is 0.238 e. The fourth-order valence-corrected chi connectivity index (χ4v) is 4.78. The molecule has 2 aromatic carbocycles. The van der Waals surface area contributed by atoms with Crippen molar-refractivity contribution in [3.63, 3.8) is 0 Å². The Hall–Kier alpha value is -2.25. The van der Waals surface area contributed by atoms with E-state index in [9.17, 15) is 8.42 Å². The Balaban J connectivity index is 1.63. The van der Waals surface area contributed by atoms with Gasteiger partial charge >= 0.3 is 0 Å². The molecule has 130 valence electrons. The van der Waals surface area contributed by atoms with Crippen LogP contribution in [0.25, 0.3) is 0 Å². The van der Waals surface area contributed by atoms with E-state index in [1.807, 2.05) is 36.4 Å². The lowest BCUT2D eigenvalue weighted by molar-refractivity contribution is 0.600. The van der Waals surface area contributed by atoms with Crippen LogP contribution in [0.2, 0.25) is 0 Å². The largest absolute Gasteiger partial charge is 0.257 e. The molecule has 0 bridgehead atoms. The molecule has 25 heavy (non-hydrogen) atoms. The Kier molecular flexibility index (Phi) is 5.45. The van der Waals surface area contributed by atoms with Crippen molar-refractivity contribution >= 4 is 26.5 Å². The second-order valence-corrected chi connectivity index (χ2v) is 8.65. The van der Waals surface area contributed by atoms with Gasteiger partial charge in [-0.15, -0.1) is 10.2 Å². The quantitative estimate of drug-likeness (QED) is 0.683. The number of sulfonamides is 1. The van der Waals surface area contributed by atoms with Gasteiger partial charge in [-0.2, -0.15) is 0 Å². The van der Waals surface area contributed by atoms with Gasteiger partial charge in [0.1, 0.15) is 5.01 Å². The van der Waals surface area contributed by atoms with E-state index in [2.05, 4.69) is 34.0 Å². The Bertz CT molecular complexity index is 910. The second-order valence-electron chi connectivity index (χ2n) is 5.86. The summed E-state index contributed by atoms with van der Waals surface area (Å²) in [5.74, 6) is 0.214. The summed E-state index contributed by atoms with van der Waals surface area (Å²) in [6.07, 6.45) is 0.724. The molecule has 0 aliphatic carbocycles. The van der Waals surface area contributed by atoms with Gasteiger partial charge in [0.05, 0.1) is 5.75 Å². The highest BCUT2D eigenvalue weighted by molar-refractivity contribution is 7.92. The normalized spacial score (nSPS) is 12.7. The molecule has 0 radical (unpaired) electrons. The summed E-state index contributed by atoms with van der Waals surface area (Å²) >= 11 is 1.28. The molecule has 0 aliphatic heterocycles. The molecule has 7 heteroatoms. The van der Waals surface area contributed by atoms with Crippen LogP contribution in [0.5, 0.6) is 0 Å². The first-order valence-corrected chi connectivity index (χ1v) is 10.4. The fourth-order valence-electron chi connectivity index (χ4n) is 2.50. The molecular formula is C18H19N3O2S2. The van der Waals surface area contributed by atoms with Crippen molar-refractivity contribution < 1.29 is 8.42 Å². The van der Waals surface area contributed by atoms with Crippen LogP contribution in [-0.4, -0.2) is 18.6 Å². The molecule has 0 fully saturated rings. The number of hydrogen-bond donors (Lipinski definition) is 1. The Morgan fingerprint density at radius 2 is 1.64 bits per heavy atom. The van der Waals surface area contributed by atoms with Crippen molar-refractivity contribution in [3.05, 3.63) is 76.8 Å². The van der Waals surface area contributed by atoms with E-state index in [-0.39, 0.29) is 5.75 Å². The van der Waals surface area contributed by atoms with Crippen LogP contribution < -0.4 is 4.72 Å². The zero-order valence-corrected chi connectivity index (χ0v) is 15.4. The monoisotopic (exact) mass is 373 g/mol. The number of anilines is 1. The van der Waals surface area contributed by atoms with Crippen LogP contribution in [0, 0.1) is 0 Å². The van der Waals surface area contributed by atoms with Crippen LogP contribution >= 0.6 is 11.3 Å². The summed E-state index contributed by atoms with van der Waals surface area (Å²) in [5.41, 5.74) is 1.96. The molecule has 1 heterocycles. The average Bonchev–Trinajstić information content (AvgIpc) is 3.02. The highest BCUT2D eigenvalue weighted by atomic mass is 32.2. The topological polar surface area (TPSA) is 72.0 Å². The van der Waals surface area contributed by atoms with Gasteiger partial charge in [-0.3, -0.25) is 4.72 Å². The van der Waals surface area contributed by atoms with Crippen molar-refractivity contribution in [1.82, 2.24) is 10.2 Å². The molecule has 1 N–H and O–H groups in total. The van der Waals surface area contributed by atoms with Crippen molar-refractivity contribution in [3.8, 4) is 0 Å². The maximum Gasteiger partial charge on any atom is 0.238 e. The van der Waals surface area contributed by atoms with Crippen LogP contribution in [0.1, 0.15) is 29.0 Å². The minimum Gasteiger partial charge on any atom is -0.257 e. The van der Waals surface area contributed by atoms with Gasteiger partial charge in [0.2, 0.25) is 15.2 Å². The third kappa shape index (κ3) is 5.11. The van der Waals surface area contributed by atoms with Crippen molar-refractivity contribution in [2.75, 3.05) is 4.72 Å². The third-order valence-electron chi connectivity index (χ3n) is 3.76. The lowest BCUT2D eigenvalue weighted by atomic mass is 9.98. The number of aromatic nitrogens is 2. The minimum absolute atomic E-state index is 0.0802. The number of benzene rings is 2. The van der Waals surface area contributed by atoms with Crippen molar-refractivity contribution in [2.24, 2.45) is 0 Å². The fraction of sp³-hybridized carbons (Fsp3) is 0.222. The zero-order valence-electron chi connectivity index (χ0n) is 13.8. The van der Waals surface area contributed by atoms with Gasteiger partial charge in [-0.05, 0) is 17.0 Å². The third-order valence-corrected chi connectivity index (χ3v) is 5.97. The van der Waals surface area contributed by atoms with E-state index >= 15 is 0 Å². The molecule has 0 unspecified atom stereocenters. The van der Waals surface area contributed by atoms with E-state index in [4.69, 9.17) is 0 Å². The van der Waals surface area contributed by atoms with Gasteiger partial charge in [0, 0.05) is 6.42 Å². The minimum atomic E-state index is -3.50. The SMILES string of the molecule is C[C@@H](Cc1nnc(NS(=O)(=O)Cc2ccccc2)s1)c1ccccc1. The zero-order chi connectivity index (χ0) is 17.7. The molecular weight excluding hydrogens is 354 g/mol. The molecule has 0 spiro atoms. The lowest BCUT2D eigenvalue weighted by Crippen LogP contribution is -2.14. The Morgan fingerprint density at radius 1 is 1.00 bits per heavy atom. The predicted octanol–water partition coefficient (Wildman–Crippen LogP) is 3.83. The summed E-state index contributed by atoms with van der Waals surface area (Å²) in [4.78, 5) is 0. The first kappa shape index (κ1) is 17.6. The molecule has 3 aromatic rings. The second kappa shape index (κ2) is 7.76. The molecule has 5 nitrogen and oxygen atoms in total. The van der Waals surface area contributed by atoms with Gasteiger partial charge < -0.3 is 0 Å². The molecule has 3 rings (SSSR count). The highest BCUT2D eigenvalue weighted by Crippen LogP contribution is 2.24. The average molecular weight is 374 g/mol. The highest BCUT2D eigenvalue weighted by Gasteiger charge is 2.16. The van der Waals surface area contributed by atoms with Gasteiger partial charge in [-0.25, -0.2) is 8.42 Å². The number of hydrogen-bond acceptors (Lipinski definition) is 5. The lowest BCUT2D eigenvalue weighted by Gasteiger charge is -2.08. The summed E-state index contributed by atoms with van der Waals surface area (Å²) in [5, 5.41) is 9.21. The summed E-state index contributed by atoms with van der Waals surface area (Å²) in [6.45, 7) is 2.12. The Labute approximate surface area is 151 Å². The number of nitrogens with zero attached hydrogens (tertiary/aromatic N) is 2. The maximum atomic E-state index is 12.3. The predicted molar refractivity (Wildman–Crippen MR) is 101 cm³/mol. The summed E-state index contributed by atoms with van der Waals surface area (Å²) in [7, 11) is -3.50. The van der Waals surface area contributed by atoms with Gasteiger partial charge in [0.25, 0.3) is 0 Å².